The summed E-state index contributed by atoms with van der Waals surface area (Å²) in [4.78, 5) is 24.7. The number of rotatable bonds is 8. The molecule has 1 aliphatic rings. The van der Waals surface area contributed by atoms with Gasteiger partial charge < -0.3 is 10.1 Å². The molecule has 6 heteroatoms. The van der Waals surface area contributed by atoms with Gasteiger partial charge in [0.25, 0.3) is 0 Å². The summed E-state index contributed by atoms with van der Waals surface area (Å²) in [6.07, 6.45) is 1.96. The normalized spacial score (nSPS) is 15.5. The highest BCUT2D eigenvalue weighted by atomic mass is 32.2. The molecule has 2 aromatic rings. The number of ketones is 1. The van der Waals surface area contributed by atoms with Crippen LogP contribution in [0.25, 0.3) is 0 Å². The van der Waals surface area contributed by atoms with E-state index in [1.807, 2.05) is 56.3 Å². The first-order chi connectivity index (χ1) is 14.4. The Hall–Kier alpha value is -2.31. The molecule has 0 bridgehead atoms. The number of nitrogens with one attached hydrogen (secondary N) is 1. The number of carbonyl (C=O) groups excluding carboxylic acids is 2. The minimum absolute atomic E-state index is 0.0335. The topological polar surface area (TPSA) is 72.5 Å². The van der Waals surface area contributed by atoms with Crippen LogP contribution in [0.1, 0.15) is 52.7 Å². The molecule has 1 heterocycles. The average Bonchev–Trinajstić information content (AvgIpc) is 2.75. The van der Waals surface area contributed by atoms with Gasteiger partial charge in [-0.3, -0.25) is 13.8 Å². The summed E-state index contributed by atoms with van der Waals surface area (Å²) < 4.78 is 17.9. The van der Waals surface area contributed by atoms with Crippen molar-refractivity contribution >= 4 is 28.2 Å². The lowest BCUT2D eigenvalue weighted by atomic mass is 10.0. The van der Waals surface area contributed by atoms with Crippen LogP contribution in [0.5, 0.6) is 0 Å². The molecule has 1 saturated heterocycles. The van der Waals surface area contributed by atoms with Crippen LogP contribution in [0.2, 0.25) is 0 Å². The summed E-state index contributed by atoms with van der Waals surface area (Å²) in [5.41, 5.74) is 4.45. The molecule has 1 amide bonds. The third kappa shape index (κ3) is 6.34. The first kappa shape index (κ1) is 22.4. The fraction of sp³-hybridized carbons (Fsp3) is 0.417. The number of amides is 1. The Morgan fingerprint density at radius 1 is 1.03 bits per heavy atom. The van der Waals surface area contributed by atoms with Crippen LogP contribution in [-0.2, 0) is 26.1 Å². The fourth-order valence-corrected chi connectivity index (χ4v) is 4.93. The van der Waals surface area contributed by atoms with Crippen LogP contribution in [0.15, 0.2) is 42.5 Å². The Kier molecular flexibility index (Phi) is 7.94. The summed E-state index contributed by atoms with van der Waals surface area (Å²) in [5.74, 6) is 0.239. The molecular formula is C24H29NO4S. The molecule has 1 N–H and O–H groups in total. The Morgan fingerprint density at radius 2 is 1.80 bits per heavy atom. The van der Waals surface area contributed by atoms with E-state index in [1.165, 1.54) is 0 Å². The summed E-state index contributed by atoms with van der Waals surface area (Å²) in [5, 5.41) is 3.03. The predicted molar refractivity (Wildman–Crippen MR) is 120 cm³/mol. The van der Waals surface area contributed by atoms with Crippen molar-refractivity contribution < 1.29 is 18.5 Å². The van der Waals surface area contributed by atoms with Gasteiger partial charge in [0.05, 0.1) is 0 Å². The minimum Gasteiger partial charge on any atom is -0.381 e. The van der Waals surface area contributed by atoms with Gasteiger partial charge >= 0.3 is 0 Å². The zero-order valence-corrected chi connectivity index (χ0v) is 18.4. The maximum absolute atomic E-state index is 12.6. The van der Waals surface area contributed by atoms with E-state index in [4.69, 9.17) is 4.74 Å². The molecule has 1 fully saturated rings. The highest BCUT2D eigenvalue weighted by Crippen LogP contribution is 2.19. The van der Waals surface area contributed by atoms with Crippen LogP contribution in [-0.4, -0.2) is 34.4 Å². The third-order valence-electron chi connectivity index (χ3n) is 5.47. The van der Waals surface area contributed by atoms with Crippen molar-refractivity contribution in [1.82, 2.24) is 0 Å². The maximum Gasteiger partial charge on any atom is 0.224 e. The lowest BCUT2D eigenvalue weighted by molar-refractivity contribution is -0.116. The largest absolute Gasteiger partial charge is 0.381 e. The van der Waals surface area contributed by atoms with Crippen molar-refractivity contribution in [3.8, 4) is 0 Å². The van der Waals surface area contributed by atoms with Crippen molar-refractivity contribution in [2.24, 2.45) is 0 Å². The molecule has 0 radical (unpaired) electrons. The van der Waals surface area contributed by atoms with Gasteiger partial charge in [0.1, 0.15) is 0 Å². The summed E-state index contributed by atoms with van der Waals surface area (Å²) >= 11 is 0. The predicted octanol–water partition coefficient (Wildman–Crippen LogP) is 4.33. The fourth-order valence-electron chi connectivity index (χ4n) is 3.47. The molecule has 0 aromatic heterocycles. The van der Waals surface area contributed by atoms with Crippen molar-refractivity contribution in [2.45, 2.75) is 50.5 Å². The van der Waals surface area contributed by atoms with Crippen molar-refractivity contribution in [1.29, 1.82) is 0 Å². The maximum atomic E-state index is 12.6. The van der Waals surface area contributed by atoms with Gasteiger partial charge in [-0.05, 0) is 61.6 Å². The Balaban J connectivity index is 1.51. The van der Waals surface area contributed by atoms with Crippen LogP contribution in [0.3, 0.4) is 0 Å². The second-order valence-electron chi connectivity index (χ2n) is 7.81. The molecule has 1 unspecified atom stereocenters. The Labute approximate surface area is 180 Å². The first-order valence-corrected chi connectivity index (χ1v) is 11.7. The van der Waals surface area contributed by atoms with E-state index in [-0.39, 0.29) is 29.8 Å². The number of hydrogen-bond donors (Lipinski definition) is 1. The van der Waals surface area contributed by atoms with Gasteiger partial charge in [-0.25, -0.2) is 0 Å². The third-order valence-corrected chi connectivity index (χ3v) is 7.30. The number of aryl methyl sites for hydroxylation is 2. The van der Waals surface area contributed by atoms with E-state index in [0.29, 0.717) is 30.2 Å². The highest BCUT2D eigenvalue weighted by Gasteiger charge is 2.20. The van der Waals surface area contributed by atoms with Crippen molar-refractivity contribution in [2.75, 3.05) is 18.5 Å². The molecule has 160 valence electrons. The smallest absolute Gasteiger partial charge is 0.224 e. The molecule has 3 rings (SSSR count). The van der Waals surface area contributed by atoms with Crippen LogP contribution in [0.4, 0.5) is 5.69 Å². The molecule has 30 heavy (non-hydrogen) atoms. The standard InChI is InChI=1S/C24H29NO4S/c1-17-6-7-20(14-18(17)2)23(26)8-9-24(27)25-21-5-3-4-19(15-21)16-30(28)22-10-12-29-13-11-22/h3-7,14-15,22H,8-13,16H2,1-2H3,(H,25,27). The Bertz CT molecular complexity index is 935. The molecule has 1 aliphatic heterocycles. The molecule has 5 nitrogen and oxygen atoms in total. The number of Topliss-reactive ketones (excluding diaryl/α,β-unsaturated/α-hetero) is 1. The van der Waals surface area contributed by atoms with Gasteiger partial charge in [-0.1, -0.05) is 24.3 Å². The summed E-state index contributed by atoms with van der Waals surface area (Å²) in [6, 6.07) is 13.1. The van der Waals surface area contributed by atoms with E-state index >= 15 is 0 Å². The second-order valence-corrected chi connectivity index (χ2v) is 9.52. The van der Waals surface area contributed by atoms with E-state index in [0.717, 1.165) is 29.5 Å². The van der Waals surface area contributed by atoms with E-state index in [9.17, 15) is 13.8 Å². The number of carbonyl (C=O) groups is 2. The average molecular weight is 428 g/mol. The number of anilines is 1. The SMILES string of the molecule is Cc1ccc(C(=O)CCC(=O)Nc2cccc(CS(=O)C3CCOCC3)c2)cc1C. The van der Waals surface area contributed by atoms with E-state index in [1.54, 1.807) is 0 Å². The monoisotopic (exact) mass is 427 g/mol. The Morgan fingerprint density at radius 3 is 2.53 bits per heavy atom. The van der Waals surface area contributed by atoms with Gasteiger partial charge in [0.15, 0.2) is 5.78 Å². The summed E-state index contributed by atoms with van der Waals surface area (Å²) in [7, 11) is -0.950. The molecule has 0 spiro atoms. The lowest BCUT2D eigenvalue weighted by Gasteiger charge is -2.21. The van der Waals surface area contributed by atoms with E-state index in [2.05, 4.69) is 5.32 Å². The molecular weight excluding hydrogens is 398 g/mol. The second kappa shape index (κ2) is 10.6. The molecule has 1 atom stereocenters. The summed E-state index contributed by atoms with van der Waals surface area (Å²) in [6.45, 7) is 5.33. The molecule has 0 saturated carbocycles. The van der Waals surface area contributed by atoms with Gasteiger partial charge in [-0.2, -0.15) is 0 Å². The van der Waals surface area contributed by atoms with E-state index < -0.39 is 10.8 Å². The molecule has 2 aromatic carbocycles. The number of benzene rings is 2. The molecule has 0 aliphatic carbocycles. The van der Waals surface area contributed by atoms with Crippen molar-refractivity contribution in [3.05, 3.63) is 64.7 Å². The number of hydrogen-bond acceptors (Lipinski definition) is 4. The highest BCUT2D eigenvalue weighted by molar-refractivity contribution is 7.84. The van der Waals surface area contributed by atoms with Crippen molar-refractivity contribution in [3.63, 3.8) is 0 Å². The van der Waals surface area contributed by atoms with Crippen LogP contribution >= 0.6 is 0 Å². The van der Waals surface area contributed by atoms with Gasteiger partial charge in [0.2, 0.25) is 5.91 Å². The first-order valence-electron chi connectivity index (χ1n) is 10.4. The lowest BCUT2D eigenvalue weighted by Crippen LogP contribution is -2.25. The van der Waals surface area contributed by atoms with Crippen LogP contribution in [0, 0.1) is 13.8 Å². The quantitative estimate of drug-likeness (QED) is 0.637. The van der Waals surface area contributed by atoms with Crippen LogP contribution < -0.4 is 5.32 Å². The van der Waals surface area contributed by atoms with Gasteiger partial charge in [0, 0.05) is 59.1 Å². The number of ether oxygens (including phenoxy) is 1. The van der Waals surface area contributed by atoms with Gasteiger partial charge in [-0.15, -0.1) is 0 Å². The zero-order chi connectivity index (χ0) is 21.5. The zero-order valence-electron chi connectivity index (χ0n) is 17.6. The minimum atomic E-state index is -0.950.